The molecule has 9 aromatic carbocycles. The molecule has 3 nitrogen and oxygen atoms in total. The zero-order valence-corrected chi connectivity index (χ0v) is 44.4. The third-order valence-corrected chi connectivity index (χ3v) is 18.3. The minimum Gasteiger partial charge on any atom is -0.311 e. The molecular weight excluding hydrogens is 902 g/mol. The summed E-state index contributed by atoms with van der Waals surface area (Å²) in [7, 11) is -0.997. The number of anilines is 8. The summed E-state index contributed by atoms with van der Waals surface area (Å²) in [5.41, 5.74) is 23.9. The van der Waals surface area contributed by atoms with E-state index in [0.29, 0.717) is 0 Å². The highest BCUT2D eigenvalue weighted by Gasteiger charge is 2.49. The Morgan fingerprint density at radius 3 is 1.63 bits per heavy atom. The Balaban J connectivity index is 1.08. The Labute approximate surface area is 435 Å². The van der Waals surface area contributed by atoms with Gasteiger partial charge >= 0.3 is 0 Å². The van der Waals surface area contributed by atoms with Crippen molar-refractivity contribution < 1.29 is 0 Å². The van der Waals surface area contributed by atoms with Crippen LogP contribution in [0.3, 0.4) is 0 Å². The first-order valence-electron chi connectivity index (χ1n) is 26.0. The van der Waals surface area contributed by atoms with Gasteiger partial charge < -0.3 is 14.7 Å². The molecule has 4 bridgehead atoms. The minimum atomic E-state index is -0.997. The van der Waals surface area contributed by atoms with Crippen LogP contribution in [0.1, 0.15) is 84.6 Å². The molecule has 358 valence electrons. The number of fused-ring (bicyclic) bond motifs is 16. The maximum absolute atomic E-state index is 2.67. The van der Waals surface area contributed by atoms with Gasteiger partial charge in [0, 0.05) is 50.4 Å². The Kier molecular flexibility index (Phi) is 10.3. The van der Waals surface area contributed by atoms with Gasteiger partial charge in [-0.3, -0.25) is 0 Å². The highest BCUT2D eigenvalue weighted by Crippen LogP contribution is 2.66. The van der Waals surface area contributed by atoms with Crippen LogP contribution in [0.25, 0.3) is 27.7 Å². The lowest BCUT2D eigenvalue weighted by Crippen LogP contribution is -2.55. The summed E-state index contributed by atoms with van der Waals surface area (Å²) in [6, 6.07) is 79.4. The number of hydrogen-bond donors (Lipinski definition) is 1. The van der Waals surface area contributed by atoms with Crippen LogP contribution in [0.5, 0.6) is 0 Å². The van der Waals surface area contributed by atoms with Crippen LogP contribution in [0.4, 0.5) is 45.5 Å². The van der Waals surface area contributed by atoms with Crippen LogP contribution in [0, 0.1) is 0 Å². The Hall–Kier alpha value is -7.47. The molecule has 1 unspecified atom stereocenters. The molecule has 0 aromatic heterocycles. The van der Waals surface area contributed by atoms with Crippen LogP contribution in [-0.2, 0) is 16.2 Å². The van der Waals surface area contributed by atoms with Crippen molar-refractivity contribution in [2.75, 3.05) is 14.7 Å². The van der Waals surface area contributed by atoms with E-state index >= 15 is 0 Å². The third-order valence-electron chi connectivity index (χ3n) is 15.8. The molecule has 0 aliphatic carbocycles. The van der Waals surface area contributed by atoms with Gasteiger partial charge in [-0.15, -0.1) is 0 Å². The van der Waals surface area contributed by atoms with Crippen LogP contribution in [-0.4, -0.2) is 6.71 Å². The van der Waals surface area contributed by atoms with E-state index in [0.717, 1.165) is 22.7 Å². The van der Waals surface area contributed by atoms with E-state index in [4.69, 9.17) is 0 Å². The zero-order valence-electron chi connectivity index (χ0n) is 43.5. The molecule has 4 aliphatic heterocycles. The van der Waals surface area contributed by atoms with Crippen molar-refractivity contribution in [3.63, 3.8) is 0 Å². The van der Waals surface area contributed by atoms with E-state index in [9.17, 15) is 0 Å². The van der Waals surface area contributed by atoms with E-state index in [-0.39, 0.29) is 23.0 Å². The lowest BCUT2D eigenvalue weighted by atomic mass is 9.32. The van der Waals surface area contributed by atoms with Gasteiger partial charge in [0.2, 0.25) is 0 Å². The third kappa shape index (κ3) is 7.33. The standard InChI is InChI=1S/C68H62BN3S/c1-66(2,3)46-28-33-50(34-29-46)70(51-35-30-47(31-36-51)67(4,5)6)53-37-39-58-61(43-53)71(49-20-11-10-12-21-49)59-25-17-26-60-64(59)69(58)63-56-24-13-14-27-62(56)73-54-23-16-19-45(41-54)57-42-48(68(7,8)9)32-38-55(57)44-18-15-22-52(40-44)72(60)65(63)73/h10-43,73H,1-9H3. The van der Waals surface area contributed by atoms with E-state index < -0.39 is 10.9 Å². The quantitative estimate of drug-likeness (QED) is 0.139. The SMILES string of the molecule is CC(C)(C)c1ccc(N(c2ccc(C(C)(C)C)cc2)c2ccc3c(c2)N(c2ccccc2)c2cccc4c2B3C2=C3N4c4cccc(c4)-c4ccc(C(C)(C)C)cc4-c4cccc(c4)[SH]3c3ccccc32)cc1. The first-order chi connectivity index (χ1) is 35.1. The average molecular weight is 964 g/mol. The molecule has 0 amide bonds. The fourth-order valence-corrected chi connectivity index (χ4v) is 14.8. The summed E-state index contributed by atoms with van der Waals surface area (Å²) in [5.74, 6) is 0. The average Bonchev–Trinajstić information content (AvgIpc) is 3.74. The number of para-hydroxylation sites is 1. The van der Waals surface area contributed by atoms with Crippen molar-refractivity contribution in [2.24, 2.45) is 0 Å². The Bertz CT molecular complexity index is 3640. The Morgan fingerprint density at radius 1 is 0.397 bits per heavy atom. The molecule has 0 saturated heterocycles. The summed E-state index contributed by atoms with van der Waals surface area (Å²) in [4.78, 5) is 10.5. The van der Waals surface area contributed by atoms with Crippen LogP contribution >= 0.6 is 10.9 Å². The van der Waals surface area contributed by atoms with Gasteiger partial charge in [0.1, 0.15) is 0 Å². The smallest absolute Gasteiger partial charge is 0.253 e. The van der Waals surface area contributed by atoms with Crippen LogP contribution in [0.2, 0.25) is 0 Å². The monoisotopic (exact) mass is 963 g/mol. The lowest BCUT2D eigenvalue weighted by molar-refractivity contribution is 0.590. The van der Waals surface area contributed by atoms with Gasteiger partial charge in [0.25, 0.3) is 6.71 Å². The van der Waals surface area contributed by atoms with Crippen molar-refractivity contribution in [1.29, 1.82) is 0 Å². The van der Waals surface area contributed by atoms with Crippen molar-refractivity contribution >= 4 is 79.5 Å². The van der Waals surface area contributed by atoms with Crippen LogP contribution < -0.4 is 25.6 Å². The second kappa shape index (κ2) is 16.5. The lowest BCUT2D eigenvalue weighted by Gasteiger charge is -2.45. The molecule has 9 aromatic rings. The largest absolute Gasteiger partial charge is 0.311 e. The fourth-order valence-electron chi connectivity index (χ4n) is 12.0. The number of benzene rings is 9. The molecule has 0 spiro atoms. The Morgan fingerprint density at radius 2 is 0.959 bits per heavy atom. The van der Waals surface area contributed by atoms with E-state index in [1.807, 2.05) is 0 Å². The summed E-state index contributed by atoms with van der Waals surface area (Å²) >= 11 is 0. The minimum absolute atomic E-state index is 0.0105. The summed E-state index contributed by atoms with van der Waals surface area (Å²) in [6.07, 6.45) is 0. The molecule has 0 saturated carbocycles. The molecule has 0 radical (unpaired) electrons. The van der Waals surface area contributed by atoms with Crippen LogP contribution in [0.15, 0.2) is 221 Å². The second-order valence-electron chi connectivity index (χ2n) is 23.5. The first-order valence-corrected chi connectivity index (χ1v) is 27.4. The number of nitrogens with zero attached hydrogens (tertiary/aromatic N) is 3. The predicted molar refractivity (Wildman–Crippen MR) is 315 cm³/mol. The maximum Gasteiger partial charge on any atom is 0.253 e. The normalized spacial score (nSPS) is 15.7. The number of thiol groups is 1. The van der Waals surface area contributed by atoms with E-state index in [1.54, 1.807) is 0 Å². The van der Waals surface area contributed by atoms with E-state index in [1.165, 1.54) is 98.5 Å². The fraction of sp³-hybridized carbons (Fsp3) is 0.176. The topological polar surface area (TPSA) is 9.72 Å². The summed E-state index contributed by atoms with van der Waals surface area (Å²) < 4.78 is 0. The molecule has 0 fully saturated rings. The molecule has 73 heavy (non-hydrogen) atoms. The van der Waals surface area contributed by atoms with Gasteiger partial charge in [0.15, 0.2) is 0 Å². The number of rotatable bonds is 4. The molecule has 5 heteroatoms. The van der Waals surface area contributed by atoms with E-state index in [2.05, 4.69) is 283 Å². The zero-order chi connectivity index (χ0) is 50.1. The van der Waals surface area contributed by atoms with Crippen molar-refractivity contribution in [3.8, 4) is 22.3 Å². The first kappa shape index (κ1) is 45.4. The second-order valence-corrected chi connectivity index (χ2v) is 25.6. The maximum atomic E-state index is 2.67. The van der Waals surface area contributed by atoms with Crippen molar-refractivity contribution in [2.45, 2.75) is 88.3 Å². The number of hydrogen-bond acceptors (Lipinski definition) is 3. The van der Waals surface area contributed by atoms with Gasteiger partial charge in [0.05, 0.1) is 5.03 Å². The highest BCUT2D eigenvalue weighted by molar-refractivity contribution is 8.21. The molecule has 13 rings (SSSR count). The molecule has 0 N–H and O–H groups in total. The molecular formula is C68H62BN3S. The highest BCUT2D eigenvalue weighted by atomic mass is 32.2. The molecule has 1 atom stereocenters. The summed E-state index contributed by atoms with van der Waals surface area (Å²) in [5, 5.41) is 1.41. The van der Waals surface area contributed by atoms with Gasteiger partial charge in [-0.1, -0.05) is 178 Å². The van der Waals surface area contributed by atoms with Crippen molar-refractivity contribution in [1.82, 2.24) is 0 Å². The van der Waals surface area contributed by atoms with Gasteiger partial charge in [-0.2, -0.15) is 10.9 Å². The van der Waals surface area contributed by atoms with Gasteiger partial charge in [-0.05, 0) is 173 Å². The molecule has 4 heterocycles. The van der Waals surface area contributed by atoms with Gasteiger partial charge in [-0.25, -0.2) is 0 Å². The molecule has 4 aliphatic rings. The predicted octanol–water partition coefficient (Wildman–Crippen LogP) is 17.6. The van der Waals surface area contributed by atoms with Crippen molar-refractivity contribution in [3.05, 3.63) is 234 Å². The summed E-state index contributed by atoms with van der Waals surface area (Å²) in [6.45, 7) is 20.7.